The summed E-state index contributed by atoms with van der Waals surface area (Å²) in [5, 5.41) is 10.4. The summed E-state index contributed by atoms with van der Waals surface area (Å²) >= 11 is 0. The molecule has 7 heteroatoms. The molecular formula is C8H13F2NO4. The van der Waals surface area contributed by atoms with Crippen LogP contribution in [0.4, 0.5) is 8.78 Å². The Morgan fingerprint density at radius 3 is 2.40 bits per heavy atom. The van der Waals surface area contributed by atoms with E-state index >= 15 is 0 Å². The molecule has 0 aliphatic rings. The van der Waals surface area contributed by atoms with Crippen molar-refractivity contribution in [3.8, 4) is 0 Å². The molecular weight excluding hydrogens is 212 g/mol. The predicted molar refractivity (Wildman–Crippen MR) is 46.3 cm³/mol. The number of hydrogen-bond acceptors (Lipinski definition) is 4. The van der Waals surface area contributed by atoms with Crippen LogP contribution in [0.2, 0.25) is 0 Å². The van der Waals surface area contributed by atoms with Gasteiger partial charge in [0, 0.05) is 6.92 Å². The van der Waals surface area contributed by atoms with E-state index in [0.29, 0.717) is 0 Å². The molecule has 15 heavy (non-hydrogen) atoms. The van der Waals surface area contributed by atoms with Gasteiger partial charge in [0.25, 0.3) is 0 Å². The van der Waals surface area contributed by atoms with E-state index in [1.807, 2.05) is 0 Å². The average molecular weight is 225 g/mol. The van der Waals surface area contributed by atoms with E-state index in [1.54, 1.807) is 5.32 Å². The Morgan fingerprint density at radius 2 is 2.07 bits per heavy atom. The second-order valence-corrected chi connectivity index (χ2v) is 2.78. The molecule has 1 atom stereocenters. The van der Waals surface area contributed by atoms with Crippen LogP contribution in [0.3, 0.4) is 0 Å². The maximum atomic E-state index is 13.2. The third-order valence-electron chi connectivity index (χ3n) is 1.55. The molecule has 1 amide bonds. The molecule has 0 saturated heterocycles. The fourth-order valence-corrected chi connectivity index (χ4v) is 0.866. The van der Waals surface area contributed by atoms with Gasteiger partial charge in [0.2, 0.25) is 5.91 Å². The highest BCUT2D eigenvalue weighted by Gasteiger charge is 2.49. The highest BCUT2D eigenvalue weighted by molar-refractivity contribution is 5.80. The minimum absolute atomic E-state index is 0.202. The molecule has 2 N–H and O–H groups in total. The first-order valence-electron chi connectivity index (χ1n) is 4.29. The molecule has 0 rings (SSSR count). The zero-order chi connectivity index (χ0) is 12.1. The van der Waals surface area contributed by atoms with Gasteiger partial charge in [-0.3, -0.25) is 4.79 Å². The van der Waals surface area contributed by atoms with Gasteiger partial charge in [0.15, 0.2) is 0 Å². The molecule has 1 unspecified atom stereocenters. The van der Waals surface area contributed by atoms with Crippen molar-refractivity contribution < 1.29 is 28.2 Å². The minimum Gasteiger partial charge on any atom is -0.461 e. The number of nitrogens with one attached hydrogen (secondary N) is 1. The summed E-state index contributed by atoms with van der Waals surface area (Å²) in [6.07, 6.45) is 0. The van der Waals surface area contributed by atoms with Crippen LogP contribution in [-0.4, -0.2) is 42.2 Å². The van der Waals surface area contributed by atoms with Gasteiger partial charge in [-0.25, -0.2) is 4.79 Å². The third kappa shape index (κ3) is 3.78. The molecule has 0 heterocycles. The van der Waals surface area contributed by atoms with Crippen LogP contribution in [0, 0.1) is 0 Å². The summed E-state index contributed by atoms with van der Waals surface area (Å²) in [6.45, 7) is 1.13. The number of ether oxygens (including phenoxy) is 1. The van der Waals surface area contributed by atoms with E-state index in [1.165, 1.54) is 6.92 Å². The lowest BCUT2D eigenvalue weighted by Crippen LogP contribution is -2.54. The Morgan fingerprint density at radius 1 is 1.53 bits per heavy atom. The van der Waals surface area contributed by atoms with Crippen LogP contribution in [0.5, 0.6) is 0 Å². The van der Waals surface area contributed by atoms with E-state index < -0.39 is 30.4 Å². The molecule has 0 fully saturated rings. The van der Waals surface area contributed by atoms with Crippen molar-refractivity contribution in [2.75, 3.05) is 13.2 Å². The van der Waals surface area contributed by atoms with Crippen molar-refractivity contribution in [2.45, 2.75) is 25.8 Å². The Kier molecular flexibility index (Phi) is 5.13. The van der Waals surface area contributed by atoms with Gasteiger partial charge in [-0.15, -0.1) is 0 Å². The molecule has 88 valence electrons. The van der Waals surface area contributed by atoms with Crippen LogP contribution in [0.15, 0.2) is 0 Å². The van der Waals surface area contributed by atoms with Crippen LogP contribution in [-0.2, 0) is 14.3 Å². The zero-order valence-electron chi connectivity index (χ0n) is 8.42. The van der Waals surface area contributed by atoms with Gasteiger partial charge in [0.05, 0.1) is 13.2 Å². The average Bonchev–Trinajstić information content (AvgIpc) is 2.13. The zero-order valence-corrected chi connectivity index (χ0v) is 8.42. The lowest BCUT2D eigenvalue weighted by atomic mass is 10.1. The molecule has 0 saturated carbocycles. The summed E-state index contributed by atoms with van der Waals surface area (Å²) in [7, 11) is 0. The third-order valence-corrected chi connectivity index (χ3v) is 1.55. The lowest BCUT2D eigenvalue weighted by molar-refractivity contribution is -0.178. The number of alkyl halides is 2. The van der Waals surface area contributed by atoms with Gasteiger partial charge in [-0.05, 0) is 6.92 Å². The number of carbonyl (C=O) groups excluding carboxylic acids is 2. The number of aliphatic hydroxyl groups is 1. The Balaban J connectivity index is 4.63. The van der Waals surface area contributed by atoms with Crippen LogP contribution < -0.4 is 5.32 Å². The summed E-state index contributed by atoms with van der Waals surface area (Å²) in [5.41, 5.74) is 0. The second-order valence-electron chi connectivity index (χ2n) is 2.78. The fraction of sp³-hybridized carbons (Fsp3) is 0.750. The molecule has 0 bridgehead atoms. The summed E-state index contributed by atoms with van der Waals surface area (Å²) < 4.78 is 30.5. The largest absolute Gasteiger partial charge is 0.461 e. The van der Waals surface area contributed by atoms with Crippen molar-refractivity contribution in [1.29, 1.82) is 0 Å². The smallest absolute Gasteiger partial charge is 0.379 e. The maximum Gasteiger partial charge on any atom is 0.379 e. The number of amides is 1. The monoisotopic (exact) mass is 225 g/mol. The van der Waals surface area contributed by atoms with Crippen LogP contribution in [0.25, 0.3) is 0 Å². The predicted octanol–water partition coefficient (Wildman–Crippen LogP) is -0.318. The first-order valence-corrected chi connectivity index (χ1v) is 4.29. The highest BCUT2D eigenvalue weighted by atomic mass is 19.3. The van der Waals surface area contributed by atoms with E-state index in [2.05, 4.69) is 4.74 Å². The van der Waals surface area contributed by atoms with Crippen molar-refractivity contribution in [2.24, 2.45) is 0 Å². The van der Waals surface area contributed by atoms with Crippen LogP contribution in [0.1, 0.15) is 13.8 Å². The molecule has 0 radical (unpaired) electrons. The number of rotatable bonds is 5. The Labute approximate surface area is 85.4 Å². The molecule has 0 aliphatic carbocycles. The Hall–Kier alpha value is -1.24. The van der Waals surface area contributed by atoms with Gasteiger partial charge in [-0.1, -0.05) is 0 Å². The van der Waals surface area contributed by atoms with Crippen molar-refractivity contribution >= 4 is 11.9 Å². The molecule has 0 spiro atoms. The number of aliphatic hydroxyl groups excluding tert-OH is 1. The van der Waals surface area contributed by atoms with E-state index in [9.17, 15) is 18.4 Å². The number of hydrogen-bond donors (Lipinski definition) is 2. The SMILES string of the molecule is CCOC(=O)C(F)(F)C(CO)NC(C)=O. The first-order chi connectivity index (χ1) is 6.86. The molecule has 0 aromatic heterocycles. The van der Waals surface area contributed by atoms with Crippen molar-refractivity contribution in [3.63, 3.8) is 0 Å². The second kappa shape index (κ2) is 5.59. The van der Waals surface area contributed by atoms with Gasteiger partial charge in [0.1, 0.15) is 6.04 Å². The van der Waals surface area contributed by atoms with Gasteiger partial charge in [-0.2, -0.15) is 8.78 Å². The van der Waals surface area contributed by atoms with Gasteiger partial charge < -0.3 is 15.2 Å². The first kappa shape index (κ1) is 13.8. The molecule has 0 aliphatic heterocycles. The molecule has 0 aromatic carbocycles. The molecule has 0 aromatic rings. The normalized spacial score (nSPS) is 13.1. The molecule has 5 nitrogen and oxygen atoms in total. The van der Waals surface area contributed by atoms with Crippen molar-refractivity contribution in [3.05, 3.63) is 0 Å². The standard InChI is InChI=1S/C8H13F2NO4/c1-3-15-7(14)8(9,10)6(4-12)11-5(2)13/h6,12H,3-4H2,1-2H3,(H,11,13). The fourth-order valence-electron chi connectivity index (χ4n) is 0.866. The summed E-state index contributed by atoms with van der Waals surface area (Å²) in [5.74, 6) is -6.47. The maximum absolute atomic E-state index is 13.2. The lowest BCUT2D eigenvalue weighted by Gasteiger charge is -2.23. The number of halogens is 2. The summed E-state index contributed by atoms with van der Waals surface area (Å²) in [4.78, 5) is 21.3. The quantitative estimate of drug-likeness (QED) is 0.629. The summed E-state index contributed by atoms with van der Waals surface area (Å²) in [6, 6.07) is -1.96. The van der Waals surface area contributed by atoms with E-state index in [-0.39, 0.29) is 6.61 Å². The number of esters is 1. The van der Waals surface area contributed by atoms with Crippen molar-refractivity contribution in [1.82, 2.24) is 5.32 Å². The topological polar surface area (TPSA) is 75.6 Å². The number of carbonyl (C=O) groups is 2. The van der Waals surface area contributed by atoms with Crippen LogP contribution >= 0.6 is 0 Å². The van der Waals surface area contributed by atoms with E-state index in [4.69, 9.17) is 5.11 Å². The van der Waals surface area contributed by atoms with Gasteiger partial charge >= 0.3 is 11.9 Å². The Bertz CT molecular complexity index is 245. The minimum atomic E-state index is -3.93. The highest BCUT2D eigenvalue weighted by Crippen LogP contribution is 2.20. The van der Waals surface area contributed by atoms with E-state index in [0.717, 1.165) is 6.92 Å².